The van der Waals surface area contributed by atoms with E-state index in [2.05, 4.69) is 29.5 Å². The third kappa shape index (κ3) is 5.99. The Kier molecular flexibility index (Phi) is 7.06. The molecule has 1 aliphatic carbocycles. The fourth-order valence-electron chi connectivity index (χ4n) is 3.66. The van der Waals surface area contributed by atoms with Gasteiger partial charge in [-0.15, -0.1) is 0 Å². The van der Waals surface area contributed by atoms with Gasteiger partial charge < -0.3 is 10.6 Å². The van der Waals surface area contributed by atoms with Crippen LogP contribution in [0.5, 0.6) is 0 Å². The summed E-state index contributed by atoms with van der Waals surface area (Å²) in [6.45, 7) is 6.27. The van der Waals surface area contributed by atoms with Crippen molar-refractivity contribution in [1.82, 2.24) is 10.6 Å². The van der Waals surface area contributed by atoms with Gasteiger partial charge >= 0.3 is 0 Å². The SMILES string of the molecule is CN=C(NCCc1ccc(S(N)(=O)=O)cc1)NCC1(CC(C)C)CCC1. The molecule has 0 bridgehead atoms. The number of hydrogen-bond acceptors (Lipinski definition) is 3. The van der Waals surface area contributed by atoms with Crippen LogP contribution in [0.4, 0.5) is 0 Å². The molecule has 26 heavy (non-hydrogen) atoms. The van der Waals surface area contributed by atoms with Crippen LogP contribution in [0.1, 0.15) is 45.1 Å². The fourth-order valence-corrected chi connectivity index (χ4v) is 4.17. The number of guanidine groups is 1. The molecule has 0 saturated heterocycles. The van der Waals surface area contributed by atoms with E-state index in [1.54, 1.807) is 31.3 Å². The molecule has 1 aliphatic rings. The highest BCUT2D eigenvalue weighted by atomic mass is 32.2. The summed E-state index contributed by atoms with van der Waals surface area (Å²) in [5.41, 5.74) is 1.48. The number of primary sulfonamides is 1. The van der Waals surface area contributed by atoms with Gasteiger partial charge in [-0.25, -0.2) is 13.6 Å². The Hall–Kier alpha value is -1.60. The van der Waals surface area contributed by atoms with Gasteiger partial charge in [0.2, 0.25) is 10.0 Å². The summed E-state index contributed by atoms with van der Waals surface area (Å²) < 4.78 is 22.6. The Labute approximate surface area is 157 Å². The van der Waals surface area contributed by atoms with Crippen molar-refractivity contribution < 1.29 is 8.42 Å². The predicted molar refractivity (Wildman–Crippen MR) is 107 cm³/mol. The Morgan fingerprint density at radius 1 is 1.23 bits per heavy atom. The first-order chi connectivity index (χ1) is 12.2. The first kappa shape index (κ1) is 20.7. The van der Waals surface area contributed by atoms with Crippen LogP contribution in [0, 0.1) is 11.3 Å². The topological polar surface area (TPSA) is 96.6 Å². The molecule has 0 unspecified atom stereocenters. The first-order valence-electron chi connectivity index (χ1n) is 9.30. The quantitative estimate of drug-likeness (QED) is 0.476. The number of nitrogens with two attached hydrogens (primary N) is 1. The standard InChI is InChI=1S/C19H32N4O2S/c1-15(2)13-19(10-4-11-19)14-23-18(21-3)22-12-9-16-5-7-17(8-6-16)26(20,24)25/h5-8,15H,4,9-14H2,1-3H3,(H2,20,24,25)(H2,21,22,23). The number of benzene rings is 1. The molecule has 146 valence electrons. The predicted octanol–water partition coefficient (Wildman–Crippen LogP) is 2.26. The lowest BCUT2D eigenvalue weighted by molar-refractivity contribution is 0.104. The number of hydrogen-bond donors (Lipinski definition) is 3. The second-order valence-electron chi connectivity index (χ2n) is 7.74. The van der Waals surface area contributed by atoms with Gasteiger partial charge in [0.05, 0.1) is 4.90 Å². The Morgan fingerprint density at radius 2 is 1.88 bits per heavy atom. The van der Waals surface area contributed by atoms with Crippen molar-refractivity contribution in [2.45, 2.75) is 50.8 Å². The number of nitrogens with zero attached hydrogens (tertiary/aromatic N) is 1. The highest BCUT2D eigenvalue weighted by Crippen LogP contribution is 2.45. The van der Waals surface area contributed by atoms with Gasteiger partial charge in [0, 0.05) is 20.1 Å². The highest BCUT2D eigenvalue weighted by molar-refractivity contribution is 7.89. The third-order valence-corrected chi connectivity index (χ3v) is 6.00. The monoisotopic (exact) mass is 380 g/mol. The summed E-state index contributed by atoms with van der Waals surface area (Å²) in [6, 6.07) is 6.68. The summed E-state index contributed by atoms with van der Waals surface area (Å²) in [5.74, 6) is 1.54. The van der Waals surface area contributed by atoms with Crippen LogP contribution in [0.3, 0.4) is 0 Å². The van der Waals surface area contributed by atoms with Crippen molar-refractivity contribution in [3.8, 4) is 0 Å². The zero-order valence-electron chi connectivity index (χ0n) is 16.1. The number of aliphatic imine (C=N–C) groups is 1. The molecule has 0 heterocycles. The van der Waals surface area contributed by atoms with Crippen LogP contribution < -0.4 is 15.8 Å². The molecule has 0 spiro atoms. The maximum Gasteiger partial charge on any atom is 0.238 e. The van der Waals surface area contributed by atoms with Gasteiger partial charge in [-0.2, -0.15) is 0 Å². The third-order valence-electron chi connectivity index (χ3n) is 5.07. The minimum atomic E-state index is -3.63. The summed E-state index contributed by atoms with van der Waals surface area (Å²) in [7, 11) is -1.85. The maximum atomic E-state index is 11.3. The first-order valence-corrected chi connectivity index (χ1v) is 10.8. The number of nitrogens with one attached hydrogen (secondary N) is 2. The zero-order valence-corrected chi connectivity index (χ0v) is 16.9. The zero-order chi connectivity index (χ0) is 19.2. The van der Waals surface area contributed by atoms with Gasteiger partial charge in [0.15, 0.2) is 5.96 Å². The Bertz CT molecular complexity index is 708. The molecule has 4 N–H and O–H groups in total. The molecule has 0 aromatic heterocycles. The van der Waals surface area contributed by atoms with Crippen LogP contribution >= 0.6 is 0 Å². The van der Waals surface area contributed by atoms with Crippen molar-refractivity contribution in [2.75, 3.05) is 20.1 Å². The van der Waals surface area contributed by atoms with E-state index >= 15 is 0 Å². The molecule has 1 aromatic carbocycles. The van der Waals surface area contributed by atoms with Crippen molar-refractivity contribution >= 4 is 16.0 Å². The summed E-state index contributed by atoms with van der Waals surface area (Å²) in [4.78, 5) is 4.45. The number of rotatable bonds is 8. The molecule has 1 aromatic rings. The molecule has 6 nitrogen and oxygen atoms in total. The van der Waals surface area contributed by atoms with Crippen LogP contribution in [0.25, 0.3) is 0 Å². The molecule has 0 atom stereocenters. The molecular formula is C19H32N4O2S. The molecule has 7 heteroatoms. The smallest absolute Gasteiger partial charge is 0.238 e. The van der Waals surface area contributed by atoms with Gasteiger partial charge in [0.1, 0.15) is 0 Å². The molecule has 0 radical (unpaired) electrons. The van der Waals surface area contributed by atoms with Gasteiger partial charge in [-0.05, 0) is 54.7 Å². The number of sulfonamides is 1. The van der Waals surface area contributed by atoms with Crippen LogP contribution in [-0.4, -0.2) is 34.5 Å². The van der Waals surface area contributed by atoms with Crippen molar-refractivity contribution in [2.24, 2.45) is 21.5 Å². The van der Waals surface area contributed by atoms with Crippen LogP contribution in [0.15, 0.2) is 34.2 Å². The van der Waals surface area contributed by atoms with Crippen LogP contribution in [0.2, 0.25) is 0 Å². The maximum absolute atomic E-state index is 11.3. The van der Waals surface area contributed by atoms with E-state index in [4.69, 9.17) is 5.14 Å². The molecule has 1 saturated carbocycles. The second kappa shape index (κ2) is 8.86. The summed E-state index contributed by atoms with van der Waals surface area (Å²) in [6.07, 6.45) is 5.96. The van der Waals surface area contributed by atoms with Gasteiger partial charge in [0.25, 0.3) is 0 Å². The lowest BCUT2D eigenvalue weighted by Crippen LogP contribution is -2.47. The van der Waals surface area contributed by atoms with Gasteiger partial charge in [-0.1, -0.05) is 32.4 Å². The highest BCUT2D eigenvalue weighted by Gasteiger charge is 2.37. The van der Waals surface area contributed by atoms with E-state index in [-0.39, 0.29) is 4.90 Å². The largest absolute Gasteiger partial charge is 0.356 e. The second-order valence-corrected chi connectivity index (χ2v) is 9.30. The molecule has 1 fully saturated rings. The molecule has 0 amide bonds. The molecule has 0 aliphatic heterocycles. The lowest BCUT2D eigenvalue weighted by atomic mass is 9.64. The lowest BCUT2D eigenvalue weighted by Gasteiger charge is -2.43. The molecule has 2 rings (SSSR count). The van der Waals surface area contributed by atoms with E-state index in [9.17, 15) is 8.42 Å². The van der Waals surface area contributed by atoms with E-state index in [0.29, 0.717) is 11.3 Å². The fraction of sp³-hybridized carbons (Fsp3) is 0.632. The van der Waals surface area contributed by atoms with Gasteiger partial charge in [-0.3, -0.25) is 4.99 Å². The van der Waals surface area contributed by atoms with Crippen molar-refractivity contribution in [1.29, 1.82) is 0 Å². The molecular weight excluding hydrogens is 348 g/mol. The van der Waals surface area contributed by atoms with E-state index in [1.807, 2.05) is 0 Å². The Balaban J connectivity index is 1.78. The summed E-state index contributed by atoms with van der Waals surface area (Å²) >= 11 is 0. The minimum Gasteiger partial charge on any atom is -0.356 e. The van der Waals surface area contributed by atoms with Crippen LogP contribution in [-0.2, 0) is 16.4 Å². The Morgan fingerprint density at radius 3 is 2.35 bits per heavy atom. The average Bonchev–Trinajstić information content (AvgIpc) is 2.54. The summed E-state index contributed by atoms with van der Waals surface area (Å²) in [5, 5.41) is 11.9. The normalized spacial score (nSPS) is 17.0. The van der Waals surface area contributed by atoms with E-state index in [1.165, 1.54) is 25.7 Å². The minimum absolute atomic E-state index is 0.141. The van der Waals surface area contributed by atoms with Crippen molar-refractivity contribution in [3.63, 3.8) is 0 Å². The van der Waals surface area contributed by atoms with Crippen molar-refractivity contribution in [3.05, 3.63) is 29.8 Å². The average molecular weight is 381 g/mol. The van der Waals surface area contributed by atoms with E-state index < -0.39 is 10.0 Å². The van der Waals surface area contributed by atoms with E-state index in [0.717, 1.165) is 31.0 Å².